The number of benzene rings is 2. The van der Waals surface area contributed by atoms with Gasteiger partial charge in [-0.25, -0.2) is 0 Å². The summed E-state index contributed by atoms with van der Waals surface area (Å²) < 4.78 is 79.3. The van der Waals surface area contributed by atoms with E-state index >= 15 is 0 Å². The summed E-state index contributed by atoms with van der Waals surface area (Å²) >= 11 is 11.2. The number of alkyl halides is 6. The molecule has 0 spiro atoms. The number of hydrogen-bond acceptors (Lipinski definition) is 5. The minimum Gasteiger partial charge on any atom is -0.347 e. The first-order valence-corrected chi connectivity index (χ1v) is 9.07. The zero-order valence-corrected chi connectivity index (χ0v) is 17.6. The number of nitrogens with zero attached hydrogens (tertiary/aromatic N) is 2. The fraction of sp³-hybridized carbons (Fsp3) is 0.143. The lowest BCUT2D eigenvalue weighted by atomic mass is 10.1. The molecule has 0 aliphatic heterocycles. The van der Waals surface area contributed by atoms with Crippen LogP contribution in [0.25, 0.3) is 0 Å². The standard InChI is InChI=1S/C14H4Br2ClF6N3O4/c15-6-3-7(16)12(10(17)9(6)14(21,22)23)24-11-5(13(18,19)20)1-4(25(27)28)2-8(11)26(29)30/h1-3,24H. The van der Waals surface area contributed by atoms with Crippen molar-refractivity contribution in [3.8, 4) is 0 Å². The van der Waals surface area contributed by atoms with Crippen molar-refractivity contribution in [2.45, 2.75) is 12.4 Å². The molecule has 0 heterocycles. The molecular formula is C14H4Br2ClF6N3O4. The number of nitro benzene ring substituents is 2. The smallest absolute Gasteiger partial charge is 0.347 e. The molecule has 2 aromatic rings. The summed E-state index contributed by atoms with van der Waals surface area (Å²) in [7, 11) is 0. The number of anilines is 2. The van der Waals surface area contributed by atoms with Gasteiger partial charge in [-0.15, -0.1) is 0 Å². The molecule has 0 radical (unpaired) electrons. The van der Waals surface area contributed by atoms with Gasteiger partial charge < -0.3 is 5.32 Å². The van der Waals surface area contributed by atoms with Gasteiger partial charge in [0.05, 0.1) is 37.7 Å². The minimum atomic E-state index is -5.33. The molecular weight excluding hydrogens is 583 g/mol. The maximum Gasteiger partial charge on any atom is 0.419 e. The molecule has 30 heavy (non-hydrogen) atoms. The quantitative estimate of drug-likeness (QED) is 0.228. The molecule has 0 amide bonds. The third kappa shape index (κ3) is 4.78. The van der Waals surface area contributed by atoms with Gasteiger partial charge in [0.15, 0.2) is 0 Å². The van der Waals surface area contributed by atoms with Crippen molar-refractivity contribution in [1.82, 2.24) is 0 Å². The zero-order chi connectivity index (χ0) is 23.2. The molecule has 0 unspecified atom stereocenters. The largest absolute Gasteiger partial charge is 0.419 e. The average molecular weight is 587 g/mol. The maximum absolute atomic E-state index is 13.5. The van der Waals surface area contributed by atoms with E-state index < -0.39 is 65.6 Å². The summed E-state index contributed by atoms with van der Waals surface area (Å²) in [5.41, 5.74) is -8.02. The van der Waals surface area contributed by atoms with Gasteiger partial charge in [0.25, 0.3) is 11.4 Å². The van der Waals surface area contributed by atoms with Gasteiger partial charge in [0.1, 0.15) is 5.69 Å². The minimum absolute atomic E-state index is 0.0146. The molecule has 0 saturated heterocycles. The predicted octanol–water partition coefficient (Wildman–Crippen LogP) is 7.46. The van der Waals surface area contributed by atoms with Crippen molar-refractivity contribution >= 4 is 66.2 Å². The second kappa shape index (κ2) is 8.19. The molecule has 0 aromatic heterocycles. The van der Waals surface area contributed by atoms with Crippen LogP contribution < -0.4 is 5.32 Å². The lowest BCUT2D eigenvalue weighted by Crippen LogP contribution is -2.13. The molecule has 16 heteroatoms. The molecule has 0 aliphatic rings. The van der Waals surface area contributed by atoms with Crippen LogP contribution >= 0.6 is 43.5 Å². The molecule has 0 fully saturated rings. The number of nitrogens with one attached hydrogen (secondary N) is 1. The third-order valence-corrected chi connectivity index (χ3v) is 5.15. The number of nitro groups is 2. The first-order chi connectivity index (χ1) is 13.6. The molecule has 162 valence electrons. The van der Waals surface area contributed by atoms with Crippen LogP contribution in [-0.2, 0) is 12.4 Å². The van der Waals surface area contributed by atoms with E-state index in [0.29, 0.717) is 0 Å². The normalized spacial score (nSPS) is 12.0. The summed E-state index contributed by atoms with van der Waals surface area (Å²) in [6.45, 7) is 0. The van der Waals surface area contributed by atoms with Crippen LogP contribution in [0.15, 0.2) is 27.1 Å². The van der Waals surface area contributed by atoms with Crippen LogP contribution in [0.1, 0.15) is 11.1 Å². The van der Waals surface area contributed by atoms with Crippen LogP contribution in [0.4, 0.5) is 49.1 Å². The van der Waals surface area contributed by atoms with Crippen molar-refractivity contribution in [2.24, 2.45) is 0 Å². The van der Waals surface area contributed by atoms with Gasteiger partial charge in [-0.3, -0.25) is 20.2 Å². The Bertz CT molecular complexity index is 1060. The van der Waals surface area contributed by atoms with E-state index in [4.69, 9.17) is 11.6 Å². The highest BCUT2D eigenvalue weighted by molar-refractivity contribution is 9.11. The average Bonchev–Trinajstić information content (AvgIpc) is 2.55. The van der Waals surface area contributed by atoms with E-state index in [1.54, 1.807) is 0 Å². The van der Waals surface area contributed by atoms with Crippen molar-refractivity contribution in [2.75, 3.05) is 5.32 Å². The van der Waals surface area contributed by atoms with E-state index in [1.807, 2.05) is 5.32 Å². The van der Waals surface area contributed by atoms with Crippen LogP contribution in [0, 0.1) is 20.2 Å². The Kier molecular flexibility index (Phi) is 6.59. The van der Waals surface area contributed by atoms with E-state index in [-0.39, 0.29) is 16.6 Å². The van der Waals surface area contributed by atoms with Crippen molar-refractivity contribution < 1.29 is 36.2 Å². The third-order valence-electron chi connectivity index (χ3n) is 3.52. The number of non-ortho nitro benzene ring substituents is 1. The van der Waals surface area contributed by atoms with E-state index in [2.05, 4.69) is 31.9 Å². The van der Waals surface area contributed by atoms with Gasteiger partial charge in [0, 0.05) is 15.0 Å². The topological polar surface area (TPSA) is 98.3 Å². The number of halogens is 9. The first kappa shape index (κ1) is 24.1. The summed E-state index contributed by atoms with van der Waals surface area (Å²) in [6.07, 6.45) is -10.4. The summed E-state index contributed by atoms with van der Waals surface area (Å²) in [6, 6.07) is 1.07. The predicted molar refractivity (Wildman–Crippen MR) is 99.9 cm³/mol. The Morgan fingerprint density at radius 3 is 1.87 bits per heavy atom. The zero-order valence-electron chi connectivity index (χ0n) is 13.7. The molecule has 0 bridgehead atoms. The highest BCUT2D eigenvalue weighted by atomic mass is 79.9. The van der Waals surface area contributed by atoms with Gasteiger partial charge in [-0.2, -0.15) is 26.3 Å². The van der Waals surface area contributed by atoms with Crippen LogP contribution in [-0.4, -0.2) is 9.85 Å². The summed E-state index contributed by atoms with van der Waals surface area (Å²) in [4.78, 5) is 19.5. The molecule has 0 aliphatic carbocycles. The van der Waals surface area contributed by atoms with Crippen LogP contribution in [0.5, 0.6) is 0 Å². The van der Waals surface area contributed by atoms with Gasteiger partial charge >= 0.3 is 12.4 Å². The molecule has 2 aromatic carbocycles. The van der Waals surface area contributed by atoms with Crippen molar-refractivity contribution in [3.63, 3.8) is 0 Å². The lowest BCUT2D eigenvalue weighted by Gasteiger charge is -2.19. The molecule has 2 rings (SSSR count). The summed E-state index contributed by atoms with van der Waals surface area (Å²) in [5.74, 6) is 0. The molecule has 1 N–H and O–H groups in total. The number of rotatable bonds is 4. The Balaban J connectivity index is 2.87. The van der Waals surface area contributed by atoms with E-state index in [0.717, 1.165) is 6.07 Å². The highest BCUT2D eigenvalue weighted by Gasteiger charge is 2.41. The lowest BCUT2D eigenvalue weighted by molar-refractivity contribution is -0.394. The Labute approximate surface area is 183 Å². The summed E-state index contributed by atoms with van der Waals surface area (Å²) in [5, 5.41) is 22.9. The Morgan fingerprint density at radius 2 is 1.43 bits per heavy atom. The second-order valence-corrected chi connectivity index (χ2v) is 7.51. The van der Waals surface area contributed by atoms with Crippen LogP contribution in [0.2, 0.25) is 5.02 Å². The van der Waals surface area contributed by atoms with Crippen molar-refractivity contribution in [3.05, 3.63) is 63.5 Å². The molecule has 7 nitrogen and oxygen atoms in total. The van der Waals surface area contributed by atoms with Gasteiger partial charge in [0.2, 0.25) is 0 Å². The fourth-order valence-electron chi connectivity index (χ4n) is 2.31. The molecule has 0 saturated carbocycles. The first-order valence-electron chi connectivity index (χ1n) is 7.11. The highest BCUT2D eigenvalue weighted by Crippen LogP contribution is 2.49. The van der Waals surface area contributed by atoms with E-state index in [1.165, 1.54) is 0 Å². The number of hydrogen-bond donors (Lipinski definition) is 1. The maximum atomic E-state index is 13.5. The SMILES string of the molecule is O=[N+]([O-])c1cc([N+](=O)[O-])c(Nc2c(Br)cc(Br)c(C(F)(F)F)c2Cl)c(C(F)(F)F)c1. The van der Waals surface area contributed by atoms with Gasteiger partial charge in [-0.1, -0.05) is 27.5 Å². The van der Waals surface area contributed by atoms with Crippen LogP contribution in [0.3, 0.4) is 0 Å². The van der Waals surface area contributed by atoms with Gasteiger partial charge in [-0.05, 0) is 22.0 Å². The molecule has 0 atom stereocenters. The monoisotopic (exact) mass is 585 g/mol. The Hall–Kier alpha value is -2.13. The Morgan fingerprint density at radius 1 is 0.867 bits per heavy atom. The van der Waals surface area contributed by atoms with E-state index in [9.17, 15) is 46.6 Å². The second-order valence-electron chi connectivity index (χ2n) is 5.43. The van der Waals surface area contributed by atoms with Crippen molar-refractivity contribution in [1.29, 1.82) is 0 Å². The fourth-order valence-corrected chi connectivity index (χ4v) is 4.38.